The van der Waals surface area contributed by atoms with Crippen LogP contribution in [0.15, 0.2) is 30.3 Å². The molecule has 1 nitrogen and oxygen atoms in total. The van der Waals surface area contributed by atoms with Gasteiger partial charge in [0.2, 0.25) is 0 Å². The third kappa shape index (κ3) is 1.85. The van der Waals surface area contributed by atoms with E-state index in [1.54, 1.807) is 0 Å². The van der Waals surface area contributed by atoms with Crippen LogP contribution in [0, 0.1) is 11.6 Å². The first-order chi connectivity index (χ1) is 8.65. The molecule has 2 aromatic rings. The molecule has 1 aliphatic rings. The molecule has 0 atom stereocenters. The van der Waals surface area contributed by atoms with E-state index in [-0.39, 0.29) is 5.02 Å². The summed E-state index contributed by atoms with van der Waals surface area (Å²) in [5.41, 5.74) is 3.59. The molecule has 0 fully saturated rings. The van der Waals surface area contributed by atoms with Crippen molar-refractivity contribution in [3.05, 3.63) is 52.6 Å². The summed E-state index contributed by atoms with van der Waals surface area (Å²) in [6.45, 7) is 0.907. The van der Waals surface area contributed by atoms with E-state index in [9.17, 15) is 8.78 Å². The highest BCUT2D eigenvalue weighted by atomic mass is 35.5. The molecule has 1 aliphatic heterocycles. The standard InChI is InChI=1S/C14H10ClF2N/c15-11-7-13(17)12(16)6-10(11)8-1-2-14-9(5-8)3-4-18-14/h1-2,5-7,18H,3-4H2. The maximum Gasteiger partial charge on any atom is 0.160 e. The highest BCUT2D eigenvalue weighted by Gasteiger charge is 2.14. The second-order valence-electron chi connectivity index (χ2n) is 4.29. The summed E-state index contributed by atoms with van der Waals surface area (Å²) in [5, 5.41) is 3.47. The van der Waals surface area contributed by atoms with Crippen molar-refractivity contribution in [1.29, 1.82) is 0 Å². The Morgan fingerprint density at radius 2 is 1.83 bits per heavy atom. The molecule has 0 bridgehead atoms. The lowest BCUT2D eigenvalue weighted by Gasteiger charge is -2.08. The summed E-state index contributed by atoms with van der Waals surface area (Å²) in [5.74, 6) is -1.81. The van der Waals surface area contributed by atoms with Crippen LogP contribution in [0.3, 0.4) is 0 Å². The van der Waals surface area contributed by atoms with E-state index in [0.717, 1.165) is 36.3 Å². The largest absolute Gasteiger partial charge is 0.384 e. The number of benzene rings is 2. The van der Waals surface area contributed by atoms with E-state index in [0.29, 0.717) is 5.56 Å². The monoisotopic (exact) mass is 265 g/mol. The molecule has 0 amide bonds. The van der Waals surface area contributed by atoms with Crippen molar-refractivity contribution in [1.82, 2.24) is 0 Å². The van der Waals surface area contributed by atoms with E-state index in [4.69, 9.17) is 11.6 Å². The summed E-state index contributed by atoms with van der Waals surface area (Å²) in [4.78, 5) is 0. The molecule has 0 saturated heterocycles. The Balaban J connectivity index is 2.12. The minimum absolute atomic E-state index is 0.222. The van der Waals surface area contributed by atoms with Crippen molar-refractivity contribution < 1.29 is 8.78 Å². The summed E-state index contributed by atoms with van der Waals surface area (Å²) in [7, 11) is 0. The predicted octanol–water partition coefficient (Wildman–Crippen LogP) is 4.25. The Morgan fingerprint density at radius 3 is 2.67 bits per heavy atom. The van der Waals surface area contributed by atoms with Crippen LogP contribution >= 0.6 is 11.6 Å². The van der Waals surface area contributed by atoms with E-state index in [2.05, 4.69) is 5.32 Å². The quantitative estimate of drug-likeness (QED) is 0.760. The maximum atomic E-state index is 13.3. The fraction of sp³-hybridized carbons (Fsp3) is 0.143. The number of hydrogen-bond acceptors (Lipinski definition) is 1. The van der Waals surface area contributed by atoms with Gasteiger partial charge in [-0.15, -0.1) is 0 Å². The molecule has 0 radical (unpaired) electrons. The van der Waals surface area contributed by atoms with Crippen LogP contribution in [-0.4, -0.2) is 6.54 Å². The van der Waals surface area contributed by atoms with Gasteiger partial charge in [-0.2, -0.15) is 0 Å². The topological polar surface area (TPSA) is 12.0 Å². The molecule has 3 rings (SSSR count). The number of halogens is 3. The van der Waals surface area contributed by atoms with Crippen molar-refractivity contribution in [3.8, 4) is 11.1 Å². The average Bonchev–Trinajstić information content (AvgIpc) is 2.80. The van der Waals surface area contributed by atoms with Crippen LogP contribution in [0.2, 0.25) is 5.02 Å². The molecule has 0 aromatic heterocycles. The van der Waals surface area contributed by atoms with Crippen molar-refractivity contribution >= 4 is 17.3 Å². The average molecular weight is 266 g/mol. The van der Waals surface area contributed by atoms with Crippen molar-refractivity contribution in [2.75, 3.05) is 11.9 Å². The van der Waals surface area contributed by atoms with Crippen LogP contribution in [0.25, 0.3) is 11.1 Å². The second-order valence-corrected chi connectivity index (χ2v) is 4.70. The van der Waals surface area contributed by atoms with Gasteiger partial charge in [-0.1, -0.05) is 17.7 Å². The highest BCUT2D eigenvalue weighted by Crippen LogP contribution is 2.33. The minimum Gasteiger partial charge on any atom is -0.384 e. The first-order valence-corrected chi connectivity index (χ1v) is 6.04. The smallest absolute Gasteiger partial charge is 0.160 e. The predicted molar refractivity (Wildman–Crippen MR) is 69.0 cm³/mol. The molecule has 0 saturated carbocycles. The Hall–Kier alpha value is -1.61. The zero-order valence-electron chi connectivity index (χ0n) is 9.43. The molecule has 92 valence electrons. The molecular formula is C14H10ClF2N. The molecule has 0 unspecified atom stereocenters. The molecule has 18 heavy (non-hydrogen) atoms. The van der Waals surface area contributed by atoms with Gasteiger partial charge in [0, 0.05) is 17.8 Å². The number of hydrogen-bond donors (Lipinski definition) is 1. The van der Waals surface area contributed by atoms with Crippen molar-refractivity contribution in [3.63, 3.8) is 0 Å². The van der Waals surface area contributed by atoms with Gasteiger partial charge >= 0.3 is 0 Å². The van der Waals surface area contributed by atoms with Crippen LogP contribution < -0.4 is 5.32 Å². The SMILES string of the molecule is Fc1cc(Cl)c(-c2ccc3c(c2)CCN3)cc1F. The van der Waals surface area contributed by atoms with E-state index in [1.807, 2.05) is 18.2 Å². The number of nitrogens with one attached hydrogen (secondary N) is 1. The van der Waals surface area contributed by atoms with Gasteiger partial charge in [0.05, 0.1) is 5.02 Å². The molecule has 2 aromatic carbocycles. The molecular weight excluding hydrogens is 256 g/mol. The normalized spacial score (nSPS) is 13.3. The van der Waals surface area contributed by atoms with Gasteiger partial charge in [-0.05, 0) is 41.8 Å². The van der Waals surface area contributed by atoms with E-state index < -0.39 is 11.6 Å². The summed E-state index contributed by atoms with van der Waals surface area (Å²) in [6.07, 6.45) is 0.935. The van der Waals surface area contributed by atoms with Crippen molar-refractivity contribution in [2.45, 2.75) is 6.42 Å². The number of rotatable bonds is 1. The Bertz CT molecular complexity index is 625. The number of anilines is 1. The van der Waals surface area contributed by atoms with Gasteiger partial charge in [-0.25, -0.2) is 8.78 Å². The van der Waals surface area contributed by atoms with Crippen LogP contribution in [-0.2, 0) is 6.42 Å². The lowest BCUT2D eigenvalue weighted by Crippen LogP contribution is -1.90. The zero-order valence-corrected chi connectivity index (χ0v) is 10.2. The Kier molecular flexibility index (Phi) is 2.71. The van der Waals surface area contributed by atoms with Gasteiger partial charge in [0.25, 0.3) is 0 Å². The molecule has 1 heterocycles. The molecule has 0 aliphatic carbocycles. The summed E-state index contributed by atoms with van der Waals surface area (Å²) in [6, 6.07) is 7.92. The molecule has 1 N–H and O–H groups in total. The summed E-state index contributed by atoms with van der Waals surface area (Å²) < 4.78 is 26.3. The van der Waals surface area contributed by atoms with E-state index >= 15 is 0 Å². The van der Waals surface area contributed by atoms with E-state index in [1.165, 1.54) is 5.56 Å². The van der Waals surface area contributed by atoms with Gasteiger partial charge in [-0.3, -0.25) is 0 Å². The molecule has 0 spiro atoms. The lowest BCUT2D eigenvalue weighted by atomic mass is 10.0. The minimum atomic E-state index is -0.924. The highest BCUT2D eigenvalue weighted by molar-refractivity contribution is 6.33. The van der Waals surface area contributed by atoms with Gasteiger partial charge in [0.1, 0.15) is 0 Å². The van der Waals surface area contributed by atoms with Crippen LogP contribution in [0.1, 0.15) is 5.56 Å². The molecule has 4 heteroatoms. The summed E-state index contributed by atoms with van der Waals surface area (Å²) >= 11 is 5.96. The Labute approximate surface area is 108 Å². The third-order valence-corrected chi connectivity index (χ3v) is 3.45. The van der Waals surface area contributed by atoms with Gasteiger partial charge < -0.3 is 5.32 Å². The van der Waals surface area contributed by atoms with Crippen LogP contribution in [0.5, 0.6) is 0 Å². The Morgan fingerprint density at radius 1 is 1.06 bits per heavy atom. The van der Waals surface area contributed by atoms with Crippen molar-refractivity contribution in [2.24, 2.45) is 0 Å². The zero-order chi connectivity index (χ0) is 12.7. The van der Waals surface area contributed by atoms with Gasteiger partial charge in [0.15, 0.2) is 11.6 Å². The third-order valence-electron chi connectivity index (χ3n) is 3.14. The first kappa shape index (κ1) is 11.5. The first-order valence-electron chi connectivity index (χ1n) is 5.67. The fourth-order valence-electron chi connectivity index (χ4n) is 2.22. The van der Waals surface area contributed by atoms with Crippen LogP contribution in [0.4, 0.5) is 14.5 Å². The maximum absolute atomic E-state index is 13.3. The second kappa shape index (κ2) is 4.25. The number of fused-ring (bicyclic) bond motifs is 1. The fourth-order valence-corrected chi connectivity index (χ4v) is 2.48. The lowest BCUT2D eigenvalue weighted by molar-refractivity contribution is 0.509.